The molecule has 0 saturated carbocycles. The summed E-state index contributed by atoms with van der Waals surface area (Å²) < 4.78 is 11.3. The zero-order valence-corrected chi connectivity index (χ0v) is 15.0. The third kappa shape index (κ3) is 4.53. The van der Waals surface area contributed by atoms with Crippen LogP contribution in [0.25, 0.3) is 0 Å². The number of halogens is 2. The van der Waals surface area contributed by atoms with E-state index in [4.69, 9.17) is 21.1 Å². The van der Waals surface area contributed by atoms with Crippen molar-refractivity contribution in [3.63, 3.8) is 0 Å². The summed E-state index contributed by atoms with van der Waals surface area (Å²) in [4.78, 5) is 12.1. The molecule has 0 aliphatic heterocycles. The van der Waals surface area contributed by atoms with Gasteiger partial charge in [-0.3, -0.25) is 4.79 Å². The lowest BCUT2D eigenvalue weighted by atomic mass is 10.2. The van der Waals surface area contributed by atoms with Gasteiger partial charge in [-0.2, -0.15) is 0 Å². The second kappa shape index (κ2) is 8.08. The fourth-order valence-electron chi connectivity index (χ4n) is 1.93. The van der Waals surface area contributed by atoms with Crippen LogP contribution >= 0.6 is 27.5 Å². The highest BCUT2D eigenvalue weighted by atomic mass is 79.9. The van der Waals surface area contributed by atoms with Gasteiger partial charge in [-0.25, -0.2) is 0 Å². The molecule has 0 heterocycles. The quantitative estimate of drug-likeness (QED) is 0.765. The van der Waals surface area contributed by atoms with Gasteiger partial charge < -0.3 is 20.1 Å². The molecule has 5 nitrogen and oxygen atoms in total. The lowest BCUT2D eigenvalue weighted by molar-refractivity contribution is -0.114. The predicted octanol–water partition coefficient (Wildman–Crippen LogP) is 4.17. The third-order valence-corrected chi connectivity index (χ3v) is 4.05. The molecule has 0 fully saturated rings. The van der Waals surface area contributed by atoms with Crippen molar-refractivity contribution < 1.29 is 14.3 Å². The summed E-state index contributed by atoms with van der Waals surface area (Å²) in [6.45, 7) is 0.108. The average molecular weight is 400 g/mol. The third-order valence-electron chi connectivity index (χ3n) is 3.06. The number of benzene rings is 2. The van der Waals surface area contributed by atoms with E-state index in [1.807, 2.05) is 24.3 Å². The maximum atomic E-state index is 12.1. The van der Waals surface area contributed by atoms with Gasteiger partial charge in [-0.15, -0.1) is 0 Å². The molecule has 2 N–H and O–H groups in total. The molecule has 2 aromatic rings. The zero-order chi connectivity index (χ0) is 16.8. The maximum Gasteiger partial charge on any atom is 0.243 e. The first-order valence-electron chi connectivity index (χ1n) is 6.75. The number of rotatable bonds is 6. The Balaban J connectivity index is 2.06. The number of amides is 1. The highest BCUT2D eigenvalue weighted by Gasteiger charge is 2.12. The fourth-order valence-corrected chi connectivity index (χ4v) is 2.59. The van der Waals surface area contributed by atoms with Gasteiger partial charge >= 0.3 is 0 Å². The second-order valence-corrected chi connectivity index (χ2v) is 5.83. The van der Waals surface area contributed by atoms with Crippen molar-refractivity contribution in [2.45, 2.75) is 0 Å². The largest absolute Gasteiger partial charge is 0.495 e. The van der Waals surface area contributed by atoms with E-state index in [0.717, 1.165) is 10.2 Å². The highest BCUT2D eigenvalue weighted by molar-refractivity contribution is 9.10. The lowest BCUT2D eigenvalue weighted by Crippen LogP contribution is -2.22. The van der Waals surface area contributed by atoms with Gasteiger partial charge in [0.15, 0.2) is 0 Å². The number of carbonyl (C=O) groups is 1. The van der Waals surface area contributed by atoms with E-state index in [-0.39, 0.29) is 12.5 Å². The second-order valence-electron chi connectivity index (χ2n) is 4.57. The summed E-state index contributed by atoms with van der Waals surface area (Å²) in [5.41, 5.74) is 1.33. The van der Waals surface area contributed by atoms with E-state index in [1.165, 1.54) is 14.2 Å². The van der Waals surface area contributed by atoms with Crippen LogP contribution in [-0.4, -0.2) is 26.7 Å². The predicted molar refractivity (Wildman–Crippen MR) is 95.8 cm³/mol. The Morgan fingerprint density at radius 1 is 1.13 bits per heavy atom. The molecule has 7 heteroatoms. The molecule has 122 valence electrons. The Morgan fingerprint density at radius 2 is 1.83 bits per heavy atom. The van der Waals surface area contributed by atoms with Crippen LogP contribution < -0.4 is 20.1 Å². The number of ether oxygens (including phenoxy) is 2. The van der Waals surface area contributed by atoms with Crippen molar-refractivity contribution >= 4 is 44.8 Å². The van der Waals surface area contributed by atoms with E-state index < -0.39 is 0 Å². The number of anilines is 2. The molecule has 2 rings (SSSR count). The molecule has 2 aromatic carbocycles. The first-order chi connectivity index (χ1) is 11.0. The minimum Gasteiger partial charge on any atom is -0.495 e. The molecule has 0 spiro atoms. The van der Waals surface area contributed by atoms with E-state index in [0.29, 0.717) is 22.2 Å². The summed E-state index contributed by atoms with van der Waals surface area (Å²) in [6, 6.07) is 10.8. The Labute approximate surface area is 148 Å². The van der Waals surface area contributed by atoms with Crippen LogP contribution in [0.3, 0.4) is 0 Å². The van der Waals surface area contributed by atoms with E-state index in [9.17, 15) is 4.79 Å². The molecular weight excluding hydrogens is 384 g/mol. The average Bonchev–Trinajstić information content (AvgIpc) is 2.55. The first kappa shape index (κ1) is 17.4. The Bertz CT molecular complexity index is 710. The summed E-state index contributed by atoms with van der Waals surface area (Å²) in [5, 5.41) is 6.24. The molecule has 0 aliphatic rings. The van der Waals surface area contributed by atoms with E-state index in [2.05, 4.69) is 26.6 Å². The molecule has 0 radical (unpaired) electrons. The monoisotopic (exact) mass is 398 g/mol. The fraction of sp³-hybridized carbons (Fsp3) is 0.188. The van der Waals surface area contributed by atoms with Crippen LogP contribution in [0.5, 0.6) is 11.5 Å². The van der Waals surface area contributed by atoms with Gasteiger partial charge in [-0.1, -0.05) is 23.7 Å². The number of nitrogens with one attached hydrogen (secondary N) is 2. The lowest BCUT2D eigenvalue weighted by Gasteiger charge is -2.14. The maximum absolute atomic E-state index is 12.1. The SMILES string of the molecule is COc1cc(NC(=O)CNc2ccccc2Br)c(OC)cc1Cl. The summed E-state index contributed by atoms with van der Waals surface area (Å²) in [7, 11) is 3.01. The molecule has 0 atom stereocenters. The van der Waals surface area contributed by atoms with Crippen molar-refractivity contribution in [2.75, 3.05) is 31.4 Å². The Kier molecular flexibility index (Phi) is 6.12. The van der Waals surface area contributed by atoms with Gasteiger partial charge in [0, 0.05) is 22.3 Å². The summed E-state index contributed by atoms with van der Waals surface area (Å²) >= 11 is 9.46. The number of hydrogen-bond donors (Lipinski definition) is 2. The molecule has 0 bridgehead atoms. The van der Waals surface area contributed by atoms with E-state index >= 15 is 0 Å². The standard InChI is InChI=1S/C16H16BrClN2O3/c1-22-14-8-13(15(23-2)7-11(14)18)20-16(21)9-19-12-6-4-3-5-10(12)17/h3-8,19H,9H2,1-2H3,(H,20,21). The van der Waals surface area contributed by atoms with Gasteiger partial charge in [0.2, 0.25) is 5.91 Å². The van der Waals surface area contributed by atoms with Crippen LogP contribution in [-0.2, 0) is 4.79 Å². The van der Waals surface area contributed by atoms with Crippen LogP contribution in [0.4, 0.5) is 11.4 Å². The van der Waals surface area contributed by atoms with Crippen LogP contribution in [0.2, 0.25) is 5.02 Å². The van der Waals surface area contributed by atoms with Gasteiger partial charge in [0.1, 0.15) is 11.5 Å². The number of methoxy groups -OCH3 is 2. The molecule has 23 heavy (non-hydrogen) atoms. The normalized spacial score (nSPS) is 10.1. The van der Waals surface area contributed by atoms with Crippen molar-refractivity contribution in [2.24, 2.45) is 0 Å². The topological polar surface area (TPSA) is 59.6 Å². The van der Waals surface area contributed by atoms with Crippen molar-refractivity contribution in [3.05, 3.63) is 45.9 Å². The van der Waals surface area contributed by atoms with Crippen LogP contribution in [0.15, 0.2) is 40.9 Å². The van der Waals surface area contributed by atoms with Crippen LogP contribution in [0.1, 0.15) is 0 Å². The molecule has 0 unspecified atom stereocenters. The minimum absolute atomic E-state index is 0.108. The summed E-state index contributed by atoms with van der Waals surface area (Å²) in [5.74, 6) is 0.704. The smallest absolute Gasteiger partial charge is 0.243 e. The Hall–Kier alpha value is -1.92. The molecule has 0 saturated heterocycles. The van der Waals surface area contributed by atoms with E-state index in [1.54, 1.807) is 12.1 Å². The van der Waals surface area contributed by atoms with Gasteiger partial charge in [0.25, 0.3) is 0 Å². The Morgan fingerprint density at radius 3 is 2.48 bits per heavy atom. The van der Waals surface area contributed by atoms with Crippen molar-refractivity contribution in [1.82, 2.24) is 0 Å². The van der Waals surface area contributed by atoms with Crippen molar-refractivity contribution in [3.8, 4) is 11.5 Å². The van der Waals surface area contributed by atoms with Crippen molar-refractivity contribution in [1.29, 1.82) is 0 Å². The number of para-hydroxylation sites is 1. The number of carbonyl (C=O) groups excluding carboxylic acids is 1. The highest BCUT2D eigenvalue weighted by Crippen LogP contribution is 2.35. The summed E-state index contributed by atoms with van der Waals surface area (Å²) in [6.07, 6.45) is 0. The molecule has 1 amide bonds. The first-order valence-corrected chi connectivity index (χ1v) is 7.92. The molecule has 0 aromatic heterocycles. The minimum atomic E-state index is -0.219. The number of hydrogen-bond acceptors (Lipinski definition) is 4. The van der Waals surface area contributed by atoms with Gasteiger partial charge in [0.05, 0.1) is 31.5 Å². The molecular formula is C16H16BrClN2O3. The van der Waals surface area contributed by atoms with Gasteiger partial charge in [-0.05, 0) is 28.1 Å². The van der Waals surface area contributed by atoms with Crippen LogP contribution in [0, 0.1) is 0 Å². The molecule has 0 aliphatic carbocycles. The zero-order valence-electron chi connectivity index (χ0n) is 12.7.